The molecule has 122 valence electrons. The van der Waals surface area contributed by atoms with Crippen molar-refractivity contribution in [1.82, 2.24) is 4.90 Å². The number of carboxylic acid groups (broad SMARTS) is 1. The minimum Gasteiger partial charge on any atom is -0.481 e. The van der Waals surface area contributed by atoms with Gasteiger partial charge in [0.2, 0.25) is 5.91 Å². The molecular weight excluding hydrogens is 302 g/mol. The molecule has 1 aromatic rings. The molecule has 0 bridgehead atoms. The van der Waals surface area contributed by atoms with Crippen LogP contribution in [0.3, 0.4) is 0 Å². The van der Waals surface area contributed by atoms with Crippen molar-refractivity contribution in [3.63, 3.8) is 0 Å². The summed E-state index contributed by atoms with van der Waals surface area (Å²) in [5.74, 6) is -1.54. The van der Waals surface area contributed by atoms with Gasteiger partial charge in [0.1, 0.15) is 0 Å². The van der Waals surface area contributed by atoms with Crippen molar-refractivity contribution in [2.75, 3.05) is 13.6 Å². The van der Waals surface area contributed by atoms with Crippen LogP contribution < -0.4 is 0 Å². The number of aliphatic carboxylic acids is 1. The van der Waals surface area contributed by atoms with Gasteiger partial charge in [0, 0.05) is 18.6 Å². The van der Waals surface area contributed by atoms with E-state index in [4.69, 9.17) is 16.7 Å². The standard InChI is InChI=1S/C17H24ClNO3/c1-5-17(6-2,13-7-9-14(18)10-8-13)16(22)19(4)11-12(3)15(20)21/h7-10,12H,5-6,11H2,1-4H3,(H,20,21). The number of carbonyl (C=O) groups excluding carboxylic acids is 1. The third-order valence-corrected chi connectivity index (χ3v) is 4.58. The van der Waals surface area contributed by atoms with E-state index < -0.39 is 17.3 Å². The predicted molar refractivity (Wildman–Crippen MR) is 88.1 cm³/mol. The monoisotopic (exact) mass is 325 g/mol. The van der Waals surface area contributed by atoms with Gasteiger partial charge in [-0.05, 0) is 30.5 Å². The first-order valence-corrected chi connectivity index (χ1v) is 7.90. The van der Waals surface area contributed by atoms with Gasteiger partial charge in [0.15, 0.2) is 0 Å². The molecule has 1 rings (SSSR count). The van der Waals surface area contributed by atoms with Crippen molar-refractivity contribution in [3.05, 3.63) is 34.9 Å². The van der Waals surface area contributed by atoms with Gasteiger partial charge < -0.3 is 10.0 Å². The average molecular weight is 326 g/mol. The predicted octanol–water partition coefficient (Wildman–Crippen LogP) is 3.58. The highest BCUT2D eigenvalue weighted by Gasteiger charge is 2.39. The third-order valence-electron chi connectivity index (χ3n) is 4.33. The number of hydrogen-bond acceptors (Lipinski definition) is 2. The number of carboxylic acids is 1. The minimum absolute atomic E-state index is 0.0482. The second-order valence-electron chi connectivity index (χ2n) is 5.72. The van der Waals surface area contributed by atoms with E-state index in [0.29, 0.717) is 17.9 Å². The van der Waals surface area contributed by atoms with E-state index in [1.165, 1.54) is 4.90 Å². The summed E-state index contributed by atoms with van der Waals surface area (Å²) in [6, 6.07) is 7.32. The Morgan fingerprint density at radius 2 is 1.73 bits per heavy atom. The molecular formula is C17H24ClNO3. The highest BCUT2D eigenvalue weighted by atomic mass is 35.5. The highest BCUT2D eigenvalue weighted by molar-refractivity contribution is 6.30. The molecule has 0 fully saturated rings. The molecule has 4 nitrogen and oxygen atoms in total. The van der Waals surface area contributed by atoms with E-state index >= 15 is 0 Å². The molecule has 0 aliphatic rings. The fourth-order valence-corrected chi connectivity index (χ4v) is 2.92. The summed E-state index contributed by atoms with van der Waals surface area (Å²) in [5, 5.41) is 9.65. The van der Waals surface area contributed by atoms with Crippen LogP contribution in [0.15, 0.2) is 24.3 Å². The zero-order chi connectivity index (χ0) is 16.9. The summed E-state index contributed by atoms with van der Waals surface area (Å²) in [6.45, 7) is 5.76. The summed E-state index contributed by atoms with van der Waals surface area (Å²) in [5.41, 5.74) is 0.277. The lowest BCUT2D eigenvalue weighted by molar-refractivity contribution is -0.144. The van der Waals surface area contributed by atoms with Gasteiger partial charge in [-0.15, -0.1) is 0 Å². The summed E-state index contributed by atoms with van der Waals surface area (Å²) >= 11 is 5.93. The second-order valence-corrected chi connectivity index (χ2v) is 6.16. The number of rotatable bonds is 7. The van der Waals surface area contributed by atoms with E-state index in [-0.39, 0.29) is 12.5 Å². The van der Waals surface area contributed by atoms with Gasteiger partial charge in [-0.25, -0.2) is 0 Å². The number of likely N-dealkylation sites (N-methyl/N-ethyl adjacent to an activating group) is 1. The summed E-state index contributed by atoms with van der Waals surface area (Å²) in [6.07, 6.45) is 1.30. The van der Waals surface area contributed by atoms with Crippen LogP contribution in [0.1, 0.15) is 39.2 Å². The van der Waals surface area contributed by atoms with Gasteiger partial charge in [-0.3, -0.25) is 9.59 Å². The van der Waals surface area contributed by atoms with E-state index in [1.54, 1.807) is 26.1 Å². The van der Waals surface area contributed by atoms with Crippen molar-refractivity contribution >= 4 is 23.5 Å². The molecule has 1 aromatic carbocycles. The lowest BCUT2D eigenvalue weighted by atomic mass is 9.74. The fraction of sp³-hybridized carbons (Fsp3) is 0.529. The maximum absolute atomic E-state index is 13.0. The minimum atomic E-state index is -0.898. The molecule has 0 radical (unpaired) electrons. The Morgan fingerprint density at radius 3 is 2.14 bits per heavy atom. The Hall–Kier alpha value is -1.55. The van der Waals surface area contributed by atoms with Crippen molar-refractivity contribution in [2.24, 2.45) is 5.92 Å². The van der Waals surface area contributed by atoms with Crippen molar-refractivity contribution in [3.8, 4) is 0 Å². The number of halogens is 1. The van der Waals surface area contributed by atoms with E-state index in [9.17, 15) is 9.59 Å². The lowest BCUT2D eigenvalue weighted by Crippen LogP contribution is -2.46. The van der Waals surface area contributed by atoms with Crippen molar-refractivity contribution in [1.29, 1.82) is 0 Å². The molecule has 1 N–H and O–H groups in total. The number of hydrogen-bond donors (Lipinski definition) is 1. The first kappa shape index (κ1) is 18.5. The molecule has 0 heterocycles. The van der Waals surface area contributed by atoms with Crippen LogP contribution in [0.2, 0.25) is 5.02 Å². The number of amides is 1. The Morgan fingerprint density at radius 1 is 1.23 bits per heavy atom. The van der Waals surface area contributed by atoms with Crippen LogP contribution in [-0.2, 0) is 15.0 Å². The van der Waals surface area contributed by atoms with Crippen LogP contribution in [0.25, 0.3) is 0 Å². The van der Waals surface area contributed by atoms with Gasteiger partial charge in [0.05, 0.1) is 11.3 Å². The molecule has 1 atom stereocenters. The van der Waals surface area contributed by atoms with Crippen molar-refractivity contribution < 1.29 is 14.7 Å². The Balaban J connectivity index is 3.10. The quantitative estimate of drug-likeness (QED) is 0.833. The van der Waals surface area contributed by atoms with Gasteiger partial charge in [0.25, 0.3) is 0 Å². The van der Waals surface area contributed by atoms with Gasteiger partial charge in [-0.2, -0.15) is 0 Å². The van der Waals surface area contributed by atoms with Crippen molar-refractivity contribution in [2.45, 2.75) is 39.0 Å². The smallest absolute Gasteiger partial charge is 0.308 e. The van der Waals surface area contributed by atoms with Gasteiger partial charge in [-0.1, -0.05) is 44.5 Å². The lowest BCUT2D eigenvalue weighted by Gasteiger charge is -2.35. The summed E-state index contributed by atoms with van der Waals surface area (Å²) < 4.78 is 0. The fourth-order valence-electron chi connectivity index (χ4n) is 2.79. The molecule has 1 unspecified atom stereocenters. The third kappa shape index (κ3) is 3.80. The molecule has 0 aromatic heterocycles. The van der Waals surface area contributed by atoms with Crippen LogP contribution in [-0.4, -0.2) is 35.5 Å². The van der Waals surface area contributed by atoms with E-state index in [1.807, 2.05) is 26.0 Å². The molecule has 22 heavy (non-hydrogen) atoms. The Kier molecular flexibility index (Phi) is 6.42. The maximum atomic E-state index is 13.0. The Labute approximate surface area is 137 Å². The first-order valence-electron chi connectivity index (χ1n) is 7.52. The van der Waals surface area contributed by atoms with Crippen LogP contribution in [0, 0.1) is 5.92 Å². The summed E-state index contributed by atoms with van der Waals surface area (Å²) in [7, 11) is 1.66. The zero-order valence-electron chi connectivity index (χ0n) is 13.6. The van der Waals surface area contributed by atoms with Crippen LogP contribution >= 0.6 is 11.6 Å². The molecule has 0 aliphatic heterocycles. The molecule has 0 aliphatic carbocycles. The normalized spacial score (nSPS) is 12.8. The van der Waals surface area contributed by atoms with Crippen LogP contribution in [0.5, 0.6) is 0 Å². The molecule has 0 saturated carbocycles. The number of benzene rings is 1. The van der Waals surface area contributed by atoms with E-state index in [2.05, 4.69) is 0 Å². The topological polar surface area (TPSA) is 57.6 Å². The largest absolute Gasteiger partial charge is 0.481 e. The molecule has 5 heteroatoms. The molecule has 1 amide bonds. The SMILES string of the molecule is CCC(CC)(C(=O)N(C)CC(C)C(=O)O)c1ccc(Cl)cc1. The molecule has 0 saturated heterocycles. The Bertz CT molecular complexity index is 523. The number of carbonyl (C=O) groups is 2. The van der Waals surface area contributed by atoms with E-state index in [0.717, 1.165) is 5.56 Å². The second kappa shape index (κ2) is 7.63. The first-order chi connectivity index (χ1) is 10.3. The summed E-state index contributed by atoms with van der Waals surface area (Å²) in [4.78, 5) is 25.5. The zero-order valence-corrected chi connectivity index (χ0v) is 14.4. The van der Waals surface area contributed by atoms with Crippen LogP contribution in [0.4, 0.5) is 0 Å². The number of nitrogens with zero attached hydrogens (tertiary/aromatic N) is 1. The van der Waals surface area contributed by atoms with Gasteiger partial charge >= 0.3 is 5.97 Å². The average Bonchev–Trinajstić information content (AvgIpc) is 2.50. The maximum Gasteiger partial charge on any atom is 0.308 e. The highest BCUT2D eigenvalue weighted by Crippen LogP contribution is 2.34. The molecule has 0 spiro atoms.